The van der Waals surface area contributed by atoms with Crippen LogP contribution in [0.2, 0.25) is 0 Å². The van der Waals surface area contributed by atoms with Crippen molar-refractivity contribution < 1.29 is 33.3 Å². The van der Waals surface area contributed by atoms with Crippen LogP contribution in [0.3, 0.4) is 0 Å². The molecule has 0 aliphatic carbocycles. The maximum atomic E-state index is 12.2. The molecule has 0 spiro atoms. The van der Waals surface area contributed by atoms with Gasteiger partial charge in [-0.25, -0.2) is 0 Å². The number of benzene rings is 1. The van der Waals surface area contributed by atoms with E-state index in [0.29, 0.717) is 18.7 Å². The number of hydrogen-bond acceptors (Lipinski definition) is 8. The van der Waals surface area contributed by atoms with Gasteiger partial charge in [0.05, 0.1) is 12.6 Å². The van der Waals surface area contributed by atoms with E-state index in [1.165, 1.54) is 13.8 Å². The Morgan fingerprint density at radius 1 is 1.00 bits per heavy atom. The van der Waals surface area contributed by atoms with E-state index in [1.54, 1.807) is 24.3 Å². The summed E-state index contributed by atoms with van der Waals surface area (Å²) in [4.78, 5) is 38.2. The molecule has 1 heterocycles. The molecule has 1 aromatic rings. The molecule has 0 bridgehead atoms. The molecule has 2 rings (SSSR count). The van der Waals surface area contributed by atoms with Crippen LogP contribution in [-0.4, -0.2) is 55.6 Å². The first-order chi connectivity index (χ1) is 17.2. The summed E-state index contributed by atoms with van der Waals surface area (Å²) in [6, 6.07) is 6.95. The van der Waals surface area contributed by atoms with Gasteiger partial charge in [-0.05, 0) is 43.0 Å². The molecule has 0 aromatic heterocycles. The van der Waals surface area contributed by atoms with Crippen molar-refractivity contribution in [3.63, 3.8) is 0 Å². The number of azide groups is 1. The van der Waals surface area contributed by atoms with Crippen LogP contribution in [0.1, 0.15) is 69.3 Å². The van der Waals surface area contributed by atoms with Gasteiger partial charge in [-0.15, -0.1) is 0 Å². The highest BCUT2D eigenvalue weighted by molar-refractivity contribution is 5.94. The second-order valence-electron chi connectivity index (χ2n) is 8.84. The fourth-order valence-corrected chi connectivity index (χ4v) is 3.91. The molecule has 1 aliphatic heterocycles. The Morgan fingerprint density at radius 2 is 1.64 bits per heavy atom. The number of esters is 2. The number of nitrogens with one attached hydrogen (secondary N) is 1. The van der Waals surface area contributed by atoms with E-state index in [1.807, 2.05) is 13.8 Å². The van der Waals surface area contributed by atoms with Crippen LogP contribution in [0.15, 0.2) is 29.4 Å². The molecular formula is C25H36N4O7. The van der Waals surface area contributed by atoms with E-state index in [4.69, 9.17) is 24.5 Å². The number of rotatable bonds is 13. The van der Waals surface area contributed by atoms with Crippen LogP contribution in [0.4, 0.5) is 0 Å². The summed E-state index contributed by atoms with van der Waals surface area (Å²) in [7, 11) is 0. The Hall–Kier alpha value is -3.14. The normalized spacial score (nSPS) is 23.3. The van der Waals surface area contributed by atoms with E-state index in [2.05, 4.69) is 15.3 Å². The number of hydrogen-bond donors (Lipinski definition) is 1. The average molecular weight is 505 g/mol. The topological polar surface area (TPSA) is 149 Å². The quantitative estimate of drug-likeness (QED) is 0.140. The van der Waals surface area contributed by atoms with Gasteiger partial charge in [-0.1, -0.05) is 37.0 Å². The lowest BCUT2D eigenvalue weighted by Gasteiger charge is -2.43. The van der Waals surface area contributed by atoms with Gasteiger partial charge in [0.25, 0.3) is 5.91 Å². The molecule has 1 saturated heterocycles. The van der Waals surface area contributed by atoms with Crippen molar-refractivity contribution in [1.29, 1.82) is 0 Å². The summed E-state index contributed by atoms with van der Waals surface area (Å²) in [5.41, 5.74) is 9.76. The van der Waals surface area contributed by atoms with Crippen molar-refractivity contribution in [2.24, 2.45) is 11.0 Å². The van der Waals surface area contributed by atoms with Gasteiger partial charge in [-0.2, -0.15) is 0 Å². The first-order valence-corrected chi connectivity index (χ1v) is 12.2. The van der Waals surface area contributed by atoms with Crippen molar-refractivity contribution >= 4 is 17.8 Å². The van der Waals surface area contributed by atoms with Crippen molar-refractivity contribution in [1.82, 2.24) is 5.32 Å². The second kappa shape index (κ2) is 15.1. The molecule has 11 nitrogen and oxygen atoms in total. The predicted octanol–water partition coefficient (Wildman–Crippen LogP) is 4.05. The second-order valence-corrected chi connectivity index (χ2v) is 8.84. The minimum absolute atomic E-state index is 0.148. The maximum absolute atomic E-state index is 12.2. The first kappa shape index (κ1) is 29.1. The van der Waals surface area contributed by atoms with Crippen LogP contribution in [0.25, 0.3) is 10.4 Å². The van der Waals surface area contributed by atoms with Crippen molar-refractivity contribution in [3.8, 4) is 0 Å². The Balaban J connectivity index is 1.69. The number of ether oxygens (including phenoxy) is 4. The summed E-state index contributed by atoms with van der Waals surface area (Å²) in [5.74, 6) is -1.26. The minimum atomic E-state index is -0.832. The van der Waals surface area contributed by atoms with Gasteiger partial charge >= 0.3 is 11.9 Å². The SMILES string of the molecule is CC(=O)OC1[C@H](C)C(C)O[C@H](OCCCCCCNC(=O)c2ccc(CN=[N+]=[N-])cc2)[C@@H]1OC(C)=O. The highest BCUT2D eigenvalue weighted by Gasteiger charge is 2.47. The van der Waals surface area contributed by atoms with Gasteiger partial charge in [-0.3, -0.25) is 14.4 Å². The number of amides is 1. The van der Waals surface area contributed by atoms with E-state index >= 15 is 0 Å². The lowest BCUT2D eigenvalue weighted by atomic mass is 9.91. The minimum Gasteiger partial charge on any atom is -0.458 e. The van der Waals surface area contributed by atoms with Gasteiger partial charge in [0.15, 0.2) is 12.4 Å². The van der Waals surface area contributed by atoms with E-state index in [9.17, 15) is 14.4 Å². The standard InChI is InChI=1S/C25H36N4O7/c1-16-17(2)34-25(23(36-19(4)31)22(16)35-18(3)30)33-14-8-6-5-7-13-27-24(32)21-11-9-20(10-12-21)15-28-29-26/h9-12,16-17,22-23,25H,5-8,13-15H2,1-4H3,(H,27,32)/t16-,17?,22?,23-,25+/m1/s1. The van der Waals surface area contributed by atoms with Gasteiger partial charge in [0.1, 0.15) is 6.10 Å². The van der Waals surface area contributed by atoms with Crippen LogP contribution < -0.4 is 5.32 Å². The Kier molecular flexibility index (Phi) is 12.2. The highest BCUT2D eigenvalue weighted by Crippen LogP contribution is 2.31. The maximum Gasteiger partial charge on any atom is 0.303 e. The third-order valence-corrected chi connectivity index (χ3v) is 5.98. The molecule has 36 heavy (non-hydrogen) atoms. The number of unbranched alkanes of at least 4 members (excludes halogenated alkanes) is 3. The molecule has 198 valence electrons. The Morgan fingerprint density at radius 3 is 2.28 bits per heavy atom. The smallest absolute Gasteiger partial charge is 0.303 e. The van der Waals surface area contributed by atoms with Crippen molar-refractivity contribution in [2.45, 2.75) is 84.5 Å². The summed E-state index contributed by atoms with van der Waals surface area (Å²) < 4.78 is 22.6. The molecule has 2 unspecified atom stereocenters. The number of carbonyl (C=O) groups excluding carboxylic acids is 3. The summed E-state index contributed by atoms with van der Waals surface area (Å²) >= 11 is 0. The third kappa shape index (κ3) is 9.49. The third-order valence-electron chi connectivity index (χ3n) is 5.98. The molecule has 1 fully saturated rings. The van der Waals surface area contributed by atoms with E-state index in [0.717, 1.165) is 31.2 Å². The highest BCUT2D eigenvalue weighted by atomic mass is 16.7. The summed E-state index contributed by atoms with van der Waals surface area (Å²) in [6.07, 6.45) is 0.825. The van der Waals surface area contributed by atoms with Crippen molar-refractivity contribution in [3.05, 3.63) is 45.8 Å². The molecule has 5 atom stereocenters. The predicted molar refractivity (Wildman–Crippen MR) is 131 cm³/mol. The Bertz CT molecular complexity index is 917. The lowest BCUT2D eigenvalue weighted by molar-refractivity contribution is -0.287. The van der Waals surface area contributed by atoms with E-state index < -0.39 is 30.4 Å². The lowest BCUT2D eigenvalue weighted by Crippen LogP contribution is -2.56. The fourth-order valence-electron chi connectivity index (χ4n) is 3.91. The first-order valence-electron chi connectivity index (χ1n) is 12.2. The summed E-state index contributed by atoms with van der Waals surface area (Å²) in [5, 5.41) is 6.39. The van der Waals surface area contributed by atoms with Crippen LogP contribution >= 0.6 is 0 Å². The number of nitrogens with zero attached hydrogens (tertiary/aromatic N) is 3. The number of carbonyl (C=O) groups is 3. The zero-order valence-corrected chi connectivity index (χ0v) is 21.3. The van der Waals surface area contributed by atoms with Gasteiger partial charge in [0, 0.05) is 43.4 Å². The zero-order valence-electron chi connectivity index (χ0n) is 21.3. The Labute approximate surface area is 211 Å². The molecule has 1 aromatic carbocycles. The van der Waals surface area contributed by atoms with Crippen LogP contribution in [0.5, 0.6) is 0 Å². The van der Waals surface area contributed by atoms with E-state index in [-0.39, 0.29) is 24.5 Å². The molecular weight excluding hydrogens is 468 g/mol. The monoisotopic (exact) mass is 504 g/mol. The molecule has 1 amide bonds. The van der Waals surface area contributed by atoms with Crippen LogP contribution in [-0.2, 0) is 35.1 Å². The molecule has 11 heteroatoms. The molecule has 1 N–H and O–H groups in total. The molecule has 0 radical (unpaired) electrons. The largest absolute Gasteiger partial charge is 0.458 e. The molecule has 1 aliphatic rings. The fraction of sp³-hybridized carbons (Fsp3) is 0.640. The average Bonchev–Trinajstić information content (AvgIpc) is 2.84. The van der Waals surface area contributed by atoms with Gasteiger partial charge in [0.2, 0.25) is 0 Å². The van der Waals surface area contributed by atoms with Gasteiger partial charge < -0.3 is 24.3 Å². The summed E-state index contributed by atoms with van der Waals surface area (Å²) in [6.45, 7) is 7.57. The van der Waals surface area contributed by atoms with Crippen LogP contribution in [0, 0.1) is 5.92 Å². The zero-order chi connectivity index (χ0) is 26.5. The van der Waals surface area contributed by atoms with Crippen molar-refractivity contribution in [2.75, 3.05) is 13.2 Å². The molecule has 0 saturated carbocycles.